The second kappa shape index (κ2) is 2.81. The minimum atomic E-state index is -1.16. The quantitative estimate of drug-likeness (QED) is 0.363. The predicted molar refractivity (Wildman–Crippen MR) is 46.5 cm³/mol. The van der Waals surface area contributed by atoms with E-state index in [0.29, 0.717) is 0 Å². The summed E-state index contributed by atoms with van der Waals surface area (Å²) in [7, 11) is 11.1. The largest absolute Gasteiger partial charge is 0.392 e. The summed E-state index contributed by atoms with van der Waals surface area (Å²) in [5, 5.41) is 7.77. The SMILES string of the molecule is [B]C1([B])CC(C#C)(CO)OC1N. The molecule has 1 aliphatic rings. The molecule has 12 heavy (non-hydrogen) atoms. The lowest BCUT2D eigenvalue weighted by molar-refractivity contribution is -0.0325. The smallest absolute Gasteiger partial charge is 0.152 e. The van der Waals surface area contributed by atoms with Gasteiger partial charge in [0, 0.05) is 0 Å². The van der Waals surface area contributed by atoms with Gasteiger partial charge in [-0.25, -0.2) is 0 Å². The van der Waals surface area contributed by atoms with Crippen LogP contribution in [0.1, 0.15) is 6.42 Å². The Bertz CT molecular complexity index is 226. The maximum atomic E-state index is 8.93. The van der Waals surface area contributed by atoms with Gasteiger partial charge in [0.1, 0.15) is 0 Å². The molecule has 1 fully saturated rings. The third kappa shape index (κ3) is 1.38. The lowest BCUT2D eigenvalue weighted by Gasteiger charge is -2.21. The minimum Gasteiger partial charge on any atom is -0.392 e. The van der Waals surface area contributed by atoms with E-state index in [1.165, 1.54) is 0 Å². The topological polar surface area (TPSA) is 55.5 Å². The van der Waals surface area contributed by atoms with E-state index in [0.717, 1.165) is 0 Å². The van der Waals surface area contributed by atoms with E-state index < -0.39 is 17.0 Å². The van der Waals surface area contributed by atoms with Crippen molar-refractivity contribution in [2.45, 2.75) is 23.5 Å². The fraction of sp³-hybridized carbons (Fsp3) is 0.714. The fourth-order valence-corrected chi connectivity index (χ4v) is 1.21. The average molecular weight is 161 g/mol. The van der Waals surface area contributed by atoms with Crippen LogP contribution in [0.3, 0.4) is 0 Å². The summed E-state index contributed by atoms with van der Waals surface area (Å²) in [6, 6.07) is 0. The van der Waals surface area contributed by atoms with Gasteiger partial charge in [-0.3, -0.25) is 0 Å². The van der Waals surface area contributed by atoms with Crippen molar-refractivity contribution in [1.82, 2.24) is 0 Å². The van der Waals surface area contributed by atoms with E-state index in [4.69, 9.17) is 37.7 Å². The molecule has 1 heterocycles. The number of hydrogen-bond donors (Lipinski definition) is 2. The van der Waals surface area contributed by atoms with E-state index in [1.807, 2.05) is 0 Å². The summed E-state index contributed by atoms with van der Waals surface area (Å²) >= 11 is 0. The van der Waals surface area contributed by atoms with Crippen molar-refractivity contribution in [1.29, 1.82) is 0 Å². The fourth-order valence-electron chi connectivity index (χ4n) is 1.21. The summed E-state index contributed by atoms with van der Waals surface area (Å²) in [6.07, 6.45) is 4.49. The first kappa shape index (κ1) is 9.66. The number of terminal acetylenes is 1. The van der Waals surface area contributed by atoms with Crippen LogP contribution in [0.15, 0.2) is 0 Å². The summed E-state index contributed by atoms with van der Waals surface area (Å²) in [5.74, 6) is 2.30. The first-order valence-corrected chi connectivity index (χ1v) is 3.55. The van der Waals surface area contributed by atoms with Crippen molar-refractivity contribution < 1.29 is 9.84 Å². The van der Waals surface area contributed by atoms with E-state index in [9.17, 15) is 0 Å². The molecule has 4 radical (unpaired) electrons. The van der Waals surface area contributed by atoms with Crippen LogP contribution >= 0.6 is 0 Å². The number of aliphatic hydroxyl groups excluding tert-OH is 1. The monoisotopic (exact) mass is 161 g/mol. The van der Waals surface area contributed by atoms with Gasteiger partial charge in [0.15, 0.2) is 5.60 Å². The highest BCUT2D eigenvalue weighted by atomic mass is 16.5. The van der Waals surface area contributed by atoms with E-state index >= 15 is 0 Å². The number of ether oxygens (including phenoxy) is 1. The van der Waals surface area contributed by atoms with Gasteiger partial charge in [-0.05, 0) is 6.42 Å². The van der Waals surface area contributed by atoms with Crippen LogP contribution in [0.2, 0.25) is 5.21 Å². The molecule has 0 aromatic heterocycles. The Morgan fingerprint density at radius 3 is 2.50 bits per heavy atom. The van der Waals surface area contributed by atoms with Crippen molar-refractivity contribution >= 4 is 15.7 Å². The van der Waals surface area contributed by atoms with Gasteiger partial charge >= 0.3 is 0 Å². The van der Waals surface area contributed by atoms with Crippen molar-refractivity contribution in [3.05, 3.63) is 0 Å². The van der Waals surface area contributed by atoms with E-state index in [-0.39, 0.29) is 13.0 Å². The molecule has 2 unspecified atom stereocenters. The molecule has 1 saturated heterocycles. The molecule has 2 atom stereocenters. The molecule has 3 nitrogen and oxygen atoms in total. The van der Waals surface area contributed by atoms with Gasteiger partial charge in [0.25, 0.3) is 0 Å². The zero-order valence-corrected chi connectivity index (χ0v) is 6.66. The van der Waals surface area contributed by atoms with Crippen molar-refractivity contribution in [2.24, 2.45) is 5.73 Å². The zero-order valence-electron chi connectivity index (χ0n) is 6.66. The Balaban J connectivity index is 2.84. The van der Waals surface area contributed by atoms with Crippen molar-refractivity contribution in [3.63, 3.8) is 0 Å². The van der Waals surface area contributed by atoms with Crippen molar-refractivity contribution in [3.8, 4) is 12.3 Å². The molecule has 0 amide bonds. The van der Waals surface area contributed by atoms with Crippen molar-refractivity contribution in [2.75, 3.05) is 6.61 Å². The lowest BCUT2D eigenvalue weighted by Crippen LogP contribution is -2.35. The molecule has 0 bridgehead atoms. The molecule has 5 heteroatoms. The number of nitrogens with two attached hydrogens (primary N) is 1. The third-order valence-corrected chi connectivity index (χ3v) is 1.99. The Morgan fingerprint density at radius 1 is 1.75 bits per heavy atom. The molecule has 3 N–H and O–H groups in total. The number of hydrogen-bond acceptors (Lipinski definition) is 3. The Morgan fingerprint density at radius 2 is 2.33 bits per heavy atom. The molecule has 0 aromatic rings. The minimum absolute atomic E-state index is 0.161. The van der Waals surface area contributed by atoms with Gasteiger partial charge in [-0.2, -0.15) is 0 Å². The summed E-state index contributed by atoms with van der Waals surface area (Å²) in [4.78, 5) is 0. The van der Waals surface area contributed by atoms with E-state index in [2.05, 4.69) is 5.92 Å². The first-order valence-electron chi connectivity index (χ1n) is 3.55. The van der Waals surface area contributed by atoms with E-state index in [1.54, 1.807) is 0 Å². The van der Waals surface area contributed by atoms with Crippen LogP contribution in [-0.4, -0.2) is 39.2 Å². The molecule has 1 rings (SSSR count). The maximum Gasteiger partial charge on any atom is 0.152 e. The molecule has 0 spiro atoms. The summed E-state index contributed by atoms with van der Waals surface area (Å²) < 4.78 is 5.10. The summed E-state index contributed by atoms with van der Waals surface area (Å²) in [5.41, 5.74) is 4.35. The van der Waals surface area contributed by atoms with Gasteiger partial charge < -0.3 is 15.6 Å². The Hall–Kier alpha value is -0.430. The molecule has 1 aliphatic heterocycles. The summed E-state index contributed by atoms with van der Waals surface area (Å²) in [6.45, 7) is -0.326. The number of rotatable bonds is 1. The van der Waals surface area contributed by atoms with Gasteiger partial charge in [0.2, 0.25) is 0 Å². The average Bonchev–Trinajstić information content (AvgIpc) is 2.24. The van der Waals surface area contributed by atoms with Gasteiger partial charge in [-0.15, -0.1) is 6.42 Å². The molecular weight excluding hydrogens is 152 g/mol. The third-order valence-electron chi connectivity index (χ3n) is 1.99. The number of aliphatic hydroxyl groups is 1. The van der Waals surface area contributed by atoms with Gasteiger partial charge in [-0.1, -0.05) is 11.1 Å². The van der Waals surface area contributed by atoms with Crippen LogP contribution in [0.25, 0.3) is 0 Å². The zero-order chi connectivity index (χ0) is 9.41. The highest BCUT2D eigenvalue weighted by Gasteiger charge is 2.47. The maximum absolute atomic E-state index is 8.93. The Kier molecular flexibility index (Phi) is 2.26. The molecule has 0 aromatic carbocycles. The van der Waals surface area contributed by atoms with Crippen LogP contribution < -0.4 is 5.73 Å². The predicted octanol–water partition coefficient (Wildman–Crippen LogP) is -1.49. The second-order valence-electron chi connectivity index (χ2n) is 3.12. The second-order valence-corrected chi connectivity index (χ2v) is 3.12. The van der Waals surface area contributed by atoms with Crippen LogP contribution in [-0.2, 0) is 4.74 Å². The molecule has 60 valence electrons. The standard InChI is InChI=1S/C7H9B2NO2/c1-2-6(4-11)3-7(8,9)5(10)12-6/h1,5,11H,3-4,10H2. The highest BCUT2D eigenvalue weighted by Crippen LogP contribution is 2.42. The molecule has 0 aliphatic carbocycles. The van der Waals surface area contributed by atoms with Crippen LogP contribution in [0.4, 0.5) is 0 Å². The normalized spacial score (nSPS) is 39.2. The lowest BCUT2D eigenvalue weighted by atomic mass is 9.51. The van der Waals surface area contributed by atoms with Gasteiger partial charge in [0.05, 0.1) is 28.5 Å². The van der Waals surface area contributed by atoms with Crippen LogP contribution in [0.5, 0.6) is 0 Å². The molecular formula is C7H9B2NO2. The first-order chi connectivity index (χ1) is 5.46. The highest BCUT2D eigenvalue weighted by molar-refractivity contribution is 6.40. The molecule has 0 saturated carbocycles. The van der Waals surface area contributed by atoms with Crippen LogP contribution in [0, 0.1) is 12.3 Å². The Labute approximate surface area is 74.5 Å².